The van der Waals surface area contributed by atoms with Gasteiger partial charge in [0.15, 0.2) is 4.77 Å². The van der Waals surface area contributed by atoms with Gasteiger partial charge in [-0.2, -0.15) is 5.10 Å². The average molecular weight is 466 g/mol. The molecule has 7 heteroatoms. The fourth-order valence-corrected chi connectivity index (χ4v) is 4.18. The van der Waals surface area contributed by atoms with E-state index < -0.39 is 0 Å². The molecule has 0 saturated carbocycles. The van der Waals surface area contributed by atoms with Crippen LogP contribution in [0.1, 0.15) is 21.6 Å². The largest absolute Gasteiger partial charge is 0.346 e. The van der Waals surface area contributed by atoms with E-state index in [0.29, 0.717) is 23.6 Å². The van der Waals surface area contributed by atoms with E-state index in [1.54, 1.807) is 10.8 Å². The normalized spacial score (nSPS) is 10.8. The summed E-state index contributed by atoms with van der Waals surface area (Å²) >= 11 is 5.42. The number of carbonyl (C=O) groups excluding carboxylic acids is 1. The molecule has 2 N–H and O–H groups in total. The summed E-state index contributed by atoms with van der Waals surface area (Å²) in [4.78, 5) is 16.1. The summed E-state index contributed by atoms with van der Waals surface area (Å²) in [6.07, 6.45) is 3.64. The number of aromatic amines is 1. The molecule has 5 aromatic rings. The Morgan fingerprint density at radius 1 is 0.912 bits per heavy atom. The third-order valence-corrected chi connectivity index (χ3v) is 5.84. The maximum Gasteiger partial charge on any atom is 0.270 e. The van der Waals surface area contributed by atoms with Gasteiger partial charge in [-0.3, -0.25) is 14.0 Å². The number of hydrogen-bond acceptors (Lipinski definition) is 3. The van der Waals surface area contributed by atoms with Crippen LogP contribution in [-0.4, -0.2) is 25.2 Å². The van der Waals surface area contributed by atoms with E-state index in [2.05, 4.69) is 22.4 Å². The number of carbonyl (C=O) groups is 1. The van der Waals surface area contributed by atoms with Crippen molar-refractivity contribution in [3.8, 4) is 16.9 Å². The van der Waals surface area contributed by atoms with Gasteiger partial charge in [-0.25, -0.2) is 0 Å². The molecule has 0 aliphatic carbocycles. The van der Waals surface area contributed by atoms with Crippen molar-refractivity contribution in [2.75, 3.05) is 0 Å². The van der Waals surface area contributed by atoms with E-state index >= 15 is 0 Å². The van der Waals surface area contributed by atoms with E-state index in [9.17, 15) is 4.79 Å². The third kappa shape index (κ3) is 4.60. The first-order chi connectivity index (χ1) is 16.7. The van der Waals surface area contributed by atoms with Gasteiger partial charge in [0.1, 0.15) is 5.69 Å². The lowest BCUT2D eigenvalue weighted by atomic mass is 10.1. The van der Waals surface area contributed by atoms with Gasteiger partial charge in [-0.1, -0.05) is 78.9 Å². The molecule has 3 aromatic carbocycles. The predicted octanol–water partition coefficient (Wildman–Crippen LogP) is 5.38. The summed E-state index contributed by atoms with van der Waals surface area (Å²) in [5.41, 5.74) is 5.25. The van der Waals surface area contributed by atoms with Crippen molar-refractivity contribution >= 4 is 18.1 Å². The van der Waals surface area contributed by atoms with Gasteiger partial charge >= 0.3 is 0 Å². The number of aromatic nitrogens is 4. The molecule has 5 rings (SSSR count). The van der Waals surface area contributed by atoms with Gasteiger partial charge in [0.2, 0.25) is 0 Å². The second-order valence-corrected chi connectivity index (χ2v) is 8.27. The van der Waals surface area contributed by atoms with E-state index in [-0.39, 0.29) is 5.91 Å². The van der Waals surface area contributed by atoms with Gasteiger partial charge < -0.3 is 10.3 Å². The first-order valence-electron chi connectivity index (χ1n) is 11.0. The molecular formula is C27H23N5OS. The number of nitrogens with one attached hydrogen (secondary N) is 2. The molecule has 6 nitrogen and oxygen atoms in total. The molecule has 2 heterocycles. The van der Waals surface area contributed by atoms with E-state index in [1.807, 2.05) is 89.7 Å². The second kappa shape index (κ2) is 9.72. The Morgan fingerprint density at radius 3 is 2.26 bits per heavy atom. The van der Waals surface area contributed by atoms with Crippen molar-refractivity contribution in [3.05, 3.63) is 125 Å². The zero-order valence-corrected chi connectivity index (χ0v) is 19.2. The molecular weight excluding hydrogens is 442 g/mol. The minimum Gasteiger partial charge on any atom is -0.346 e. The highest BCUT2D eigenvalue weighted by atomic mass is 32.1. The third-order valence-electron chi connectivity index (χ3n) is 5.53. The van der Waals surface area contributed by atoms with E-state index in [1.165, 1.54) is 0 Å². The highest BCUT2D eigenvalue weighted by Gasteiger charge is 2.17. The molecule has 0 radical (unpaired) electrons. The van der Waals surface area contributed by atoms with E-state index in [4.69, 9.17) is 17.3 Å². The second-order valence-electron chi connectivity index (χ2n) is 7.88. The summed E-state index contributed by atoms with van der Waals surface area (Å²) in [6.45, 7) is 0.990. The summed E-state index contributed by atoms with van der Waals surface area (Å²) in [5.74, 6) is -0.217. The first-order valence-corrected chi connectivity index (χ1v) is 11.4. The van der Waals surface area contributed by atoms with Crippen molar-refractivity contribution in [2.45, 2.75) is 13.1 Å². The molecule has 2 aromatic heterocycles. The summed E-state index contributed by atoms with van der Waals surface area (Å²) in [5, 5.41) is 7.88. The van der Waals surface area contributed by atoms with Crippen LogP contribution in [0.4, 0.5) is 0 Å². The molecule has 0 aliphatic heterocycles. The average Bonchev–Trinajstić information content (AvgIpc) is 3.47. The number of hydrogen-bond donors (Lipinski definition) is 2. The zero-order valence-electron chi connectivity index (χ0n) is 18.4. The fourth-order valence-electron chi connectivity index (χ4n) is 3.92. The Morgan fingerprint density at radius 2 is 1.56 bits per heavy atom. The molecule has 0 spiro atoms. The zero-order chi connectivity index (χ0) is 23.3. The smallest absolute Gasteiger partial charge is 0.270 e. The van der Waals surface area contributed by atoms with Crippen molar-refractivity contribution in [2.24, 2.45) is 0 Å². The van der Waals surface area contributed by atoms with Crippen molar-refractivity contribution < 1.29 is 4.79 Å². The fraction of sp³-hybridized carbons (Fsp3) is 0.0741. The van der Waals surface area contributed by atoms with Gasteiger partial charge in [-0.05, 0) is 29.9 Å². The highest BCUT2D eigenvalue weighted by Crippen LogP contribution is 2.23. The number of H-pyrrole nitrogens is 1. The maximum atomic E-state index is 13.1. The molecule has 0 aliphatic rings. The van der Waals surface area contributed by atoms with Crippen LogP contribution in [0, 0.1) is 4.77 Å². The lowest BCUT2D eigenvalue weighted by Gasteiger charge is -2.09. The SMILES string of the molecule is O=C(NCc1cn(Cc2ccccc2)nc1-c1ccccc1)c1c[nH]c(=S)n1-c1ccccc1. The van der Waals surface area contributed by atoms with Crippen molar-refractivity contribution in [1.29, 1.82) is 0 Å². The monoisotopic (exact) mass is 465 g/mol. The van der Waals surface area contributed by atoms with Crippen LogP contribution in [0.25, 0.3) is 16.9 Å². The standard InChI is InChI=1S/C27H23N5OS/c33-26(24-17-29-27(34)32(24)23-14-8-3-9-15-23)28-16-22-19-31(18-20-10-4-1-5-11-20)30-25(22)21-12-6-2-7-13-21/h1-15,17,19H,16,18H2,(H,28,33)(H,29,34). The van der Waals surface area contributed by atoms with Gasteiger partial charge in [0.25, 0.3) is 5.91 Å². The lowest BCUT2D eigenvalue weighted by molar-refractivity contribution is 0.0944. The lowest BCUT2D eigenvalue weighted by Crippen LogP contribution is -2.25. The maximum absolute atomic E-state index is 13.1. The molecule has 0 unspecified atom stereocenters. The minimum atomic E-state index is -0.217. The summed E-state index contributed by atoms with van der Waals surface area (Å²) in [7, 11) is 0. The van der Waals surface area contributed by atoms with Gasteiger partial charge in [0.05, 0.1) is 12.2 Å². The van der Waals surface area contributed by atoms with Crippen molar-refractivity contribution in [1.82, 2.24) is 24.6 Å². The quantitative estimate of drug-likeness (QED) is 0.317. The first kappa shape index (κ1) is 21.6. The topological polar surface area (TPSA) is 67.6 Å². The van der Waals surface area contributed by atoms with Crippen LogP contribution in [0.2, 0.25) is 0 Å². The predicted molar refractivity (Wildman–Crippen MR) is 135 cm³/mol. The van der Waals surface area contributed by atoms with Gasteiger partial charge in [-0.15, -0.1) is 0 Å². The Kier molecular flexibility index (Phi) is 6.18. The summed E-state index contributed by atoms with van der Waals surface area (Å²) in [6, 6.07) is 29.8. The Balaban J connectivity index is 1.41. The molecule has 0 bridgehead atoms. The Hall–Kier alpha value is -4.23. The Bertz CT molecular complexity index is 1450. The van der Waals surface area contributed by atoms with E-state index in [0.717, 1.165) is 28.1 Å². The number of imidazole rings is 1. The van der Waals surface area contributed by atoms with Crippen LogP contribution in [0.15, 0.2) is 103 Å². The number of benzene rings is 3. The van der Waals surface area contributed by atoms with Crippen LogP contribution < -0.4 is 5.32 Å². The summed E-state index contributed by atoms with van der Waals surface area (Å²) < 4.78 is 4.12. The molecule has 34 heavy (non-hydrogen) atoms. The van der Waals surface area contributed by atoms with Crippen LogP contribution >= 0.6 is 12.2 Å². The molecule has 0 atom stereocenters. The number of amides is 1. The van der Waals surface area contributed by atoms with Gasteiger partial charge in [0, 0.05) is 35.8 Å². The van der Waals surface area contributed by atoms with Crippen LogP contribution in [0.3, 0.4) is 0 Å². The molecule has 0 fully saturated rings. The van der Waals surface area contributed by atoms with Crippen LogP contribution in [-0.2, 0) is 13.1 Å². The molecule has 0 saturated heterocycles. The highest BCUT2D eigenvalue weighted by molar-refractivity contribution is 7.71. The number of rotatable bonds is 7. The number of para-hydroxylation sites is 1. The Labute approximate surface area is 202 Å². The molecule has 1 amide bonds. The minimum absolute atomic E-state index is 0.217. The van der Waals surface area contributed by atoms with Crippen molar-refractivity contribution in [3.63, 3.8) is 0 Å². The van der Waals surface area contributed by atoms with Crippen LogP contribution in [0.5, 0.6) is 0 Å². The number of nitrogens with zero attached hydrogens (tertiary/aromatic N) is 3. The molecule has 168 valence electrons.